The van der Waals surface area contributed by atoms with Gasteiger partial charge in [0.15, 0.2) is 16.9 Å². The highest BCUT2D eigenvalue weighted by atomic mass is 16.5. The van der Waals surface area contributed by atoms with Crippen molar-refractivity contribution in [3.8, 4) is 22.6 Å². The number of rotatable bonds is 3. The van der Waals surface area contributed by atoms with Crippen molar-refractivity contribution < 1.29 is 13.9 Å². The highest BCUT2D eigenvalue weighted by Gasteiger charge is 2.17. The van der Waals surface area contributed by atoms with Crippen LogP contribution in [0.15, 0.2) is 64.0 Å². The number of aryl methyl sites for hydroxylation is 1. The lowest BCUT2D eigenvalue weighted by Gasteiger charge is -2.13. The second kappa shape index (κ2) is 6.41. The zero-order valence-corrected chi connectivity index (χ0v) is 16.3. The summed E-state index contributed by atoms with van der Waals surface area (Å²) in [6, 6.07) is 15.4. The van der Waals surface area contributed by atoms with E-state index in [0.717, 1.165) is 44.1 Å². The van der Waals surface area contributed by atoms with E-state index in [4.69, 9.17) is 13.9 Å². The van der Waals surface area contributed by atoms with Crippen molar-refractivity contribution in [2.24, 2.45) is 0 Å². The van der Waals surface area contributed by atoms with Gasteiger partial charge in [-0.1, -0.05) is 6.07 Å². The molecule has 0 bridgehead atoms. The van der Waals surface area contributed by atoms with E-state index in [9.17, 15) is 4.79 Å². The summed E-state index contributed by atoms with van der Waals surface area (Å²) in [5.41, 5.74) is 4.25. The topological polar surface area (TPSA) is 64.5 Å². The van der Waals surface area contributed by atoms with Crippen molar-refractivity contribution in [1.29, 1.82) is 0 Å². The maximum absolute atomic E-state index is 12.6. The van der Waals surface area contributed by atoms with Crippen LogP contribution >= 0.6 is 0 Å². The molecule has 3 aromatic carbocycles. The van der Waals surface area contributed by atoms with Crippen LogP contribution in [-0.2, 0) is 0 Å². The van der Waals surface area contributed by atoms with Crippen LogP contribution in [0.5, 0.6) is 11.5 Å². The van der Waals surface area contributed by atoms with Gasteiger partial charge in [-0.2, -0.15) is 0 Å². The van der Waals surface area contributed by atoms with Crippen LogP contribution in [0.4, 0.5) is 0 Å². The second-order valence-corrected chi connectivity index (χ2v) is 7.10. The SMILES string of the molecule is COc1cc2cc3ccoc3c(-c3ccc4[nH]c(C)cc(=O)c4c3)c2cc1OC. The molecule has 1 N–H and O–H groups in total. The molecule has 0 atom stereocenters. The molecule has 0 unspecified atom stereocenters. The Kier molecular flexibility index (Phi) is 3.84. The highest BCUT2D eigenvalue weighted by molar-refractivity contribution is 6.12. The van der Waals surface area contributed by atoms with E-state index in [1.807, 2.05) is 43.3 Å². The molecule has 5 aromatic rings. The Labute approximate surface area is 166 Å². The Morgan fingerprint density at radius 2 is 1.66 bits per heavy atom. The molecule has 0 aliphatic rings. The van der Waals surface area contributed by atoms with Crippen LogP contribution in [0.3, 0.4) is 0 Å². The first-order valence-corrected chi connectivity index (χ1v) is 9.29. The van der Waals surface area contributed by atoms with E-state index >= 15 is 0 Å². The van der Waals surface area contributed by atoms with Crippen molar-refractivity contribution in [3.63, 3.8) is 0 Å². The van der Waals surface area contributed by atoms with Gasteiger partial charge >= 0.3 is 0 Å². The first-order chi connectivity index (χ1) is 14.1. The molecule has 0 aliphatic heterocycles. The predicted octanol–water partition coefficient (Wildman–Crippen LogP) is 5.42. The van der Waals surface area contributed by atoms with Crippen LogP contribution in [0, 0.1) is 6.92 Å². The average Bonchev–Trinajstić information content (AvgIpc) is 3.18. The largest absolute Gasteiger partial charge is 0.493 e. The fraction of sp³-hybridized carbons (Fsp3) is 0.125. The first kappa shape index (κ1) is 17.4. The summed E-state index contributed by atoms with van der Waals surface area (Å²) in [6.45, 7) is 1.88. The number of fused-ring (bicyclic) bond motifs is 3. The van der Waals surface area contributed by atoms with Crippen LogP contribution in [-0.4, -0.2) is 19.2 Å². The fourth-order valence-electron chi connectivity index (χ4n) is 3.98. The molecule has 29 heavy (non-hydrogen) atoms. The molecule has 0 spiro atoms. The molecule has 0 saturated heterocycles. The third-order valence-corrected chi connectivity index (χ3v) is 5.31. The average molecular weight is 385 g/mol. The quantitative estimate of drug-likeness (QED) is 0.450. The van der Waals surface area contributed by atoms with Crippen LogP contribution in [0.2, 0.25) is 0 Å². The molecule has 0 saturated carbocycles. The van der Waals surface area contributed by atoms with Crippen molar-refractivity contribution >= 4 is 32.6 Å². The van der Waals surface area contributed by atoms with E-state index in [1.165, 1.54) is 0 Å². The van der Waals surface area contributed by atoms with Crippen molar-refractivity contribution in [2.45, 2.75) is 6.92 Å². The monoisotopic (exact) mass is 385 g/mol. The van der Waals surface area contributed by atoms with Gasteiger partial charge in [0.2, 0.25) is 0 Å². The number of ether oxygens (including phenoxy) is 2. The summed E-state index contributed by atoms with van der Waals surface area (Å²) in [5.74, 6) is 1.31. The fourth-order valence-corrected chi connectivity index (χ4v) is 3.98. The lowest BCUT2D eigenvalue weighted by Crippen LogP contribution is -2.03. The van der Waals surface area contributed by atoms with Gasteiger partial charge < -0.3 is 18.9 Å². The van der Waals surface area contributed by atoms with E-state index < -0.39 is 0 Å². The summed E-state index contributed by atoms with van der Waals surface area (Å²) in [7, 11) is 3.24. The summed E-state index contributed by atoms with van der Waals surface area (Å²) < 4.78 is 16.8. The van der Waals surface area contributed by atoms with Gasteiger partial charge in [0, 0.05) is 33.6 Å². The number of nitrogens with one attached hydrogen (secondary N) is 1. The molecular weight excluding hydrogens is 366 g/mol. The first-order valence-electron chi connectivity index (χ1n) is 9.29. The molecule has 0 aliphatic carbocycles. The van der Waals surface area contributed by atoms with E-state index in [2.05, 4.69) is 11.1 Å². The van der Waals surface area contributed by atoms with Gasteiger partial charge in [-0.15, -0.1) is 0 Å². The summed E-state index contributed by atoms with van der Waals surface area (Å²) in [4.78, 5) is 15.8. The minimum atomic E-state index is -0.00623. The minimum Gasteiger partial charge on any atom is -0.493 e. The number of aromatic nitrogens is 1. The highest BCUT2D eigenvalue weighted by Crippen LogP contribution is 2.42. The number of aromatic amines is 1. The van der Waals surface area contributed by atoms with Crippen molar-refractivity contribution in [1.82, 2.24) is 4.98 Å². The normalized spacial score (nSPS) is 11.4. The van der Waals surface area contributed by atoms with E-state index in [-0.39, 0.29) is 5.43 Å². The van der Waals surface area contributed by atoms with Crippen LogP contribution in [0.25, 0.3) is 43.8 Å². The third-order valence-electron chi connectivity index (χ3n) is 5.31. The molecule has 2 aromatic heterocycles. The maximum Gasteiger partial charge on any atom is 0.189 e. The number of pyridine rings is 1. The molecule has 0 radical (unpaired) electrons. The summed E-state index contributed by atoms with van der Waals surface area (Å²) in [5, 5.41) is 3.60. The van der Waals surface area contributed by atoms with Crippen LogP contribution < -0.4 is 14.9 Å². The summed E-state index contributed by atoms with van der Waals surface area (Å²) in [6.07, 6.45) is 1.68. The van der Waals surface area contributed by atoms with Crippen LogP contribution in [0.1, 0.15) is 5.69 Å². The number of methoxy groups -OCH3 is 2. The lowest BCUT2D eigenvalue weighted by molar-refractivity contribution is 0.356. The Bertz CT molecular complexity index is 1460. The Morgan fingerprint density at radius 3 is 2.45 bits per heavy atom. The zero-order valence-electron chi connectivity index (χ0n) is 16.3. The molecule has 2 heterocycles. The number of hydrogen-bond acceptors (Lipinski definition) is 4. The lowest BCUT2D eigenvalue weighted by atomic mass is 9.94. The standard InChI is InChI=1S/C24H19NO4/c1-13-8-20(26)18-10-14(4-5-19(18)25-13)23-17-12-22(28-3)21(27-2)11-16(17)9-15-6-7-29-24(15)23/h4-12H,1-3H3,(H,25,26). The molecule has 5 heteroatoms. The Morgan fingerprint density at radius 1 is 0.862 bits per heavy atom. The molecular formula is C24H19NO4. The molecule has 0 amide bonds. The van der Waals surface area contributed by atoms with Gasteiger partial charge in [0.1, 0.15) is 5.58 Å². The predicted molar refractivity (Wildman–Crippen MR) is 115 cm³/mol. The van der Waals surface area contributed by atoms with Gasteiger partial charge in [-0.25, -0.2) is 0 Å². The smallest absolute Gasteiger partial charge is 0.189 e. The van der Waals surface area contributed by atoms with Crippen molar-refractivity contribution in [3.05, 3.63) is 70.7 Å². The third kappa shape index (κ3) is 2.66. The van der Waals surface area contributed by atoms with Gasteiger partial charge in [-0.3, -0.25) is 4.79 Å². The van der Waals surface area contributed by atoms with E-state index in [1.54, 1.807) is 26.5 Å². The number of furan rings is 1. The molecule has 5 nitrogen and oxygen atoms in total. The van der Waals surface area contributed by atoms with Gasteiger partial charge in [-0.05, 0) is 59.7 Å². The molecule has 144 valence electrons. The summed E-state index contributed by atoms with van der Waals surface area (Å²) >= 11 is 0. The Hall–Kier alpha value is -3.73. The molecule has 0 fully saturated rings. The second-order valence-electron chi connectivity index (χ2n) is 7.10. The number of hydrogen-bond donors (Lipinski definition) is 1. The van der Waals surface area contributed by atoms with E-state index in [0.29, 0.717) is 16.9 Å². The van der Waals surface area contributed by atoms with Gasteiger partial charge in [0.05, 0.1) is 20.5 Å². The Balaban J connectivity index is 1.90. The van der Waals surface area contributed by atoms with Crippen molar-refractivity contribution in [2.75, 3.05) is 14.2 Å². The molecule has 5 rings (SSSR count). The number of benzene rings is 3. The zero-order chi connectivity index (χ0) is 20.1. The minimum absolute atomic E-state index is 0.00623. The maximum atomic E-state index is 12.6. The van der Waals surface area contributed by atoms with Gasteiger partial charge in [0.25, 0.3) is 0 Å². The number of H-pyrrole nitrogens is 1.